The summed E-state index contributed by atoms with van der Waals surface area (Å²) in [6, 6.07) is 2.65. The summed E-state index contributed by atoms with van der Waals surface area (Å²) in [6.07, 6.45) is 6.58. The first-order chi connectivity index (χ1) is 13.3. The fraction of sp³-hybridized carbons (Fsp3) is 0.667. The van der Waals surface area contributed by atoms with E-state index < -0.39 is 10.0 Å². The van der Waals surface area contributed by atoms with Crippen molar-refractivity contribution >= 4 is 39.1 Å². The van der Waals surface area contributed by atoms with Crippen LogP contribution in [0.25, 0.3) is 0 Å². The Hall–Kier alpha value is -0.820. The van der Waals surface area contributed by atoms with Crippen molar-refractivity contribution in [3.8, 4) is 0 Å². The van der Waals surface area contributed by atoms with Crippen LogP contribution in [-0.2, 0) is 10.0 Å². The molecule has 0 saturated heterocycles. The molecule has 0 spiro atoms. The molecule has 4 fully saturated rings. The molecule has 0 radical (unpaired) electrons. The van der Waals surface area contributed by atoms with Gasteiger partial charge in [-0.2, -0.15) is 0 Å². The number of sulfonamides is 1. The SMILES string of the molecule is CN(C)S(=O)(=O)c1cc(C(=O)NC23CC4C[C@@](C)(C2)C[C@@](C)(C4)C3)c(Cl)cc1Cl. The summed E-state index contributed by atoms with van der Waals surface area (Å²) in [5.41, 5.74) is 0.418. The molecular formula is C21H28Cl2N2O3S. The molecule has 1 aromatic rings. The van der Waals surface area contributed by atoms with E-state index in [1.165, 1.54) is 45.5 Å². The van der Waals surface area contributed by atoms with Gasteiger partial charge in [0.1, 0.15) is 4.90 Å². The third-order valence-electron chi connectivity index (χ3n) is 7.03. The van der Waals surface area contributed by atoms with Crippen molar-refractivity contribution in [3.05, 3.63) is 27.7 Å². The molecule has 4 aliphatic carbocycles. The summed E-state index contributed by atoms with van der Waals surface area (Å²) >= 11 is 12.5. The molecule has 0 unspecified atom stereocenters. The lowest BCUT2D eigenvalue weighted by atomic mass is 9.43. The molecule has 160 valence electrons. The first-order valence-electron chi connectivity index (χ1n) is 10.0. The third-order valence-corrected chi connectivity index (χ3v) is 9.62. The number of carbonyl (C=O) groups is 1. The van der Waals surface area contributed by atoms with Crippen LogP contribution < -0.4 is 5.32 Å². The van der Waals surface area contributed by atoms with Gasteiger partial charge in [0.15, 0.2) is 0 Å². The maximum atomic E-state index is 13.3. The van der Waals surface area contributed by atoms with Crippen LogP contribution in [0, 0.1) is 16.7 Å². The molecule has 4 saturated carbocycles. The van der Waals surface area contributed by atoms with Crippen molar-refractivity contribution in [1.82, 2.24) is 9.62 Å². The third kappa shape index (κ3) is 3.60. The zero-order valence-corrected chi connectivity index (χ0v) is 19.6. The molecule has 1 aromatic carbocycles. The topological polar surface area (TPSA) is 66.5 Å². The minimum Gasteiger partial charge on any atom is -0.347 e. The van der Waals surface area contributed by atoms with Gasteiger partial charge in [-0.15, -0.1) is 0 Å². The predicted molar refractivity (Wildman–Crippen MR) is 115 cm³/mol. The summed E-state index contributed by atoms with van der Waals surface area (Å²) in [5, 5.41) is 3.45. The normalized spacial score (nSPS) is 35.9. The quantitative estimate of drug-likeness (QED) is 0.709. The second kappa shape index (κ2) is 6.59. The lowest BCUT2D eigenvalue weighted by Crippen LogP contribution is -2.65. The average Bonchev–Trinajstić information content (AvgIpc) is 2.49. The van der Waals surface area contributed by atoms with Crippen LogP contribution in [0.4, 0.5) is 0 Å². The van der Waals surface area contributed by atoms with Gasteiger partial charge in [-0.25, -0.2) is 12.7 Å². The summed E-state index contributed by atoms with van der Waals surface area (Å²) in [7, 11) is -0.936. The molecule has 1 amide bonds. The number of benzene rings is 1. The molecule has 4 bridgehead atoms. The second-order valence-electron chi connectivity index (χ2n) is 10.4. The molecule has 5 nitrogen and oxygen atoms in total. The Labute approximate surface area is 183 Å². The molecule has 4 aliphatic rings. The van der Waals surface area contributed by atoms with Gasteiger partial charge >= 0.3 is 0 Å². The number of hydrogen-bond acceptors (Lipinski definition) is 3. The van der Waals surface area contributed by atoms with E-state index in [0.29, 0.717) is 5.92 Å². The minimum absolute atomic E-state index is 0.00933. The van der Waals surface area contributed by atoms with E-state index >= 15 is 0 Å². The van der Waals surface area contributed by atoms with Crippen molar-refractivity contribution in [2.45, 2.75) is 62.8 Å². The molecule has 0 heterocycles. The van der Waals surface area contributed by atoms with Crippen molar-refractivity contribution in [2.24, 2.45) is 16.7 Å². The van der Waals surface area contributed by atoms with Crippen LogP contribution in [0.2, 0.25) is 10.0 Å². The van der Waals surface area contributed by atoms with Gasteiger partial charge < -0.3 is 5.32 Å². The molecule has 1 N–H and O–H groups in total. The zero-order valence-electron chi connectivity index (χ0n) is 17.3. The molecule has 29 heavy (non-hydrogen) atoms. The molecule has 0 aromatic heterocycles. The first-order valence-corrected chi connectivity index (χ1v) is 12.2. The minimum atomic E-state index is -3.79. The van der Waals surface area contributed by atoms with E-state index in [0.717, 1.165) is 23.6 Å². The summed E-state index contributed by atoms with van der Waals surface area (Å²) < 4.78 is 26.3. The highest BCUT2D eigenvalue weighted by molar-refractivity contribution is 7.89. The monoisotopic (exact) mass is 458 g/mol. The van der Waals surface area contributed by atoms with Gasteiger partial charge in [-0.1, -0.05) is 37.0 Å². The average molecular weight is 459 g/mol. The van der Waals surface area contributed by atoms with Crippen molar-refractivity contribution in [1.29, 1.82) is 0 Å². The Morgan fingerprint density at radius 2 is 1.62 bits per heavy atom. The van der Waals surface area contributed by atoms with E-state index in [2.05, 4.69) is 19.2 Å². The number of carbonyl (C=O) groups excluding carboxylic acids is 1. The highest BCUT2D eigenvalue weighted by Crippen LogP contribution is 2.66. The van der Waals surface area contributed by atoms with Crippen LogP contribution in [0.5, 0.6) is 0 Å². The van der Waals surface area contributed by atoms with E-state index in [1.54, 1.807) is 0 Å². The molecule has 0 aliphatic heterocycles. The second-order valence-corrected chi connectivity index (χ2v) is 13.3. The van der Waals surface area contributed by atoms with Crippen LogP contribution in [-0.4, -0.2) is 38.3 Å². The van der Waals surface area contributed by atoms with Gasteiger partial charge in [-0.3, -0.25) is 4.79 Å². The number of nitrogens with one attached hydrogen (secondary N) is 1. The Bertz CT molecular complexity index is 974. The molecule has 8 heteroatoms. The Morgan fingerprint density at radius 3 is 2.14 bits per heavy atom. The summed E-state index contributed by atoms with van der Waals surface area (Å²) in [5.74, 6) is 0.308. The van der Waals surface area contributed by atoms with E-state index in [1.807, 2.05) is 0 Å². The highest BCUT2D eigenvalue weighted by atomic mass is 35.5. The van der Waals surface area contributed by atoms with Crippen LogP contribution in [0.3, 0.4) is 0 Å². The van der Waals surface area contributed by atoms with E-state index in [-0.39, 0.29) is 42.8 Å². The molecule has 2 atom stereocenters. The number of nitrogens with zero attached hydrogens (tertiary/aromatic N) is 1. The maximum absolute atomic E-state index is 13.3. The van der Waals surface area contributed by atoms with E-state index in [4.69, 9.17) is 23.2 Å². The number of rotatable bonds is 4. The number of amides is 1. The summed E-state index contributed by atoms with van der Waals surface area (Å²) in [4.78, 5) is 13.2. The van der Waals surface area contributed by atoms with Crippen molar-refractivity contribution in [2.75, 3.05) is 14.1 Å². The molecular weight excluding hydrogens is 431 g/mol. The Kier molecular flexibility index (Phi) is 4.86. The molecule has 5 rings (SSSR count). The predicted octanol–water partition coefficient (Wildman–Crippen LogP) is 4.72. The lowest BCUT2D eigenvalue weighted by molar-refractivity contribution is -0.114. The van der Waals surface area contributed by atoms with Gasteiger partial charge in [0, 0.05) is 19.6 Å². The lowest BCUT2D eigenvalue weighted by Gasteiger charge is -2.65. The van der Waals surface area contributed by atoms with Crippen molar-refractivity contribution in [3.63, 3.8) is 0 Å². The smallest absolute Gasteiger partial charge is 0.253 e. The van der Waals surface area contributed by atoms with Gasteiger partial charge in [0.05, 0.1) is 15.6 Å². The fourth-order valence-corrected chi connectivity index (χ4v) is 8.72. The highest BCUT2D eigenvalue weighted by Gasteiger charge is 2.60. The Balaban J connectivity index is 1.68. The number of hydrogen-bond donors (Lipinski definition) is 1. The fourth-order valence-electron chi connectivity index (χ4n) is 6.99. The van der Waals surface area contributed by atoms with Crippen LogP contribution in [0.15, 0.2) is 17.0 Å². The largest absolute Gasteiger partial charge is 0.347 e. The first kappa shape index (κ1) is 21.4. The standard InChI is InChI=1S/C21H28Cl2N2O3S/c1-19-7-13-8-20(2,10-19)12-21(9-13,11-19)24-18(26)14-5-17(16(23)6-15(14)22)29(27,28)25(3)4/h5-6,13H,7-12H2,1-4H3,(H,24,26)/t13?,19-,20-,21?/m1/s1. The van der Waals surface area contributed by atoms with Gasteiger partial charge in [-0.05, 0) is 67.4 Å². The maximum Gasteiger partial charge on any atom is 0.253 e. The summed E-state index contributed by atoms with van der Waals surface area (Å²) in [6.45, 7) is 4.68. The van der Waals surface area contributed by atoms with E-state index in [9.17, 15) is 13.2 Å². The van der Waals surface area contributed by atoms with Gasteiger partial charge in [0.25, 0.3) is 5.91 Å². The van der Waals surface area contributed by atoms with Crippen LogP contribution >= 0.6 is 23.2 Å². The van der Waals surface area contributed by atoms with Crippen LogP contribution in [0.1, 0.15) is 62.7 Å². The number of halogens is 2. The zero-order chi connectivity index (χ0) is 21.4. The van der Waals surface area contributed by atoms with Crippen molar-refractivity contribution < 1.29 is 13.2 Å². The van der Waals surface area contributed by atoms with Gasteiger partial charge in [0.2, 0.25) is 10.0 Å². The Morgan fingerprint density at radius 1 is 1.03 bits per heavy atom.